The number of aromatic amines is 1. The van der Waals surface area contributed by atoms with E-state index in [0.29, 0.717) is 16.2 Å². The first-order chi connectivity index (χ1) is 5.66. The van der Waals surface area contributed by atoms with Crippen molar-refractivity contribution in [2.24, 2.45) is 0 Å². The van der Waals surface area contributed by atoms with E-state index in [4.69, 9.17) is 24.6 Å². The molecule has 3 nitrogen and oxygen atoms in total. The van der Waals surface area contributed by atoms with Crippen LogP contribution >= 0.6 is 23.2 Å². The van der Waals surface area contributed by atoms with Crippen molar-refractivity contribution in [1.29, 1.82) is 0 Å². The predicted molar refractivity (Wildman–Crippen MR) is 43.9 cm³/mol. The summed E-state index contributed by atoms with van der Waals surface area (Å²) in [7, 11) is 0. The van der Waals surface area contributed by atoms with Crippen LogP contribution < -0.4 is 0 Å². The quantitative estimate of drug-likeness (QED) is 0.645. The zero-order valence-electron chi connectivity index (χ0n) is 6.23. The number of pyridine rings is 1. The summed E-state index contributed by atoms with van der Waals surface area (Å²) in [5, 5.41) is 0.691. The summed E-state index contributed by atoms with van der Waals surface area (Å²) in [6, 6.07) is 1.49. The molecule has 0 aliphatic heterocycles. The van der Waals surface area contributed by atoms with Crippen LogP contribution in [0.3, 0.4) is 0 Å². The molecule has 0 aliphatic rings. The van der Waals surface area contributed by atoms with E-state index in [0.717, 1.165) is 0 Å². The lowest BCUT2D eigenvalue weighted by atomic mass is 10.4. The summed E-state index contributed by atoms with van der Waals surface area (Å²) in [5.41, 5.74) is 0.920. The van der Waals surface area contributed by atoms with E-state index in [9.17, 15) is 0 Å². The summed E-state index contributed by atoms with van der Waals surface area (Å²) in [6.07, 6.45) is 0.0293. The van der Waals surface area contributed by atoms with Gasteiger partial charge in [-0.15, -0.1) is 0 Å². The Morgan fingerprint density at radius 3 is 3.18 bits per heavy atom. The molecule has 0 saturated heterocycles. The average Bonchev–Trinajstić information content (AvgIpc) is 2.29. The van der Waals surface area contributed by atoms with Crippen LogP contribution in [0.4, 0.5) is 0 Å². The van der Waals surface area contributed by atoms with Crippen molar-refractivity contribution < 1.29 is 1.37 Å². The fraction of sp³-hybridized carbons (Fsp3) is 0. The number of fused-ring (bicyclic) bond motifs is 1. The number of hydrogen-bond donors (Lipinski definition) is 1. The molecule has 2 heterocycles. The van der Waals surface area contributed by atoms with Crippen LogP contribution in [0.1, 0.15) is 1.37 Å². The van der Waals surface area contributed by atoms with E-state index in [-0.39, 0.29) is 11.5 Å². The number of imidazole rings is 1. The van der Waals surface area contributed by atoms with Crippen LogP contribution in [0, 0.1) is 0 Å². The van der Waals surface area contributed by atoms with Crippen LogP contribution in [0.5, 0.6) is 0 Å². The number of nitrogens with zero attached hydrogens (tertiary/aromatic N) is 2. The fourth-order valence-electron chi connectivity index (χ4n) is 0.808. The van der Waals surface area contributed by atoms with Crippen LogP contribution in [0.15, 0.2) is 12.4 Å². The van der Waals surface area contributed by atoms with Gasteiger partial charge in [-0.25, -0.2) is 9.97 Å². The molecule has 0 radical (unpaired) electrons. The van der Waals surface area contributed by atoms with Crippen molar-refractivity contribution in [1.82, 2.24) is 15.0 Å². The van der Waals surface area contributed by atoms with Crippen molar-refractivity contribution in [2.45, 2.75) is 0 Å². The monoisotopic (exact) mass is 188 g/mol. The summed E-state index contributed by atoms with van der Waals surface area (Å²) >= 11 is 11.4. The average molecular weight is 189 g/mol. The highest BCUT2D eigenvalue weighted by molar-refractivity contribution is 6.37. The first-order valence-corrected chi connectivity index (χ1v) is 3.61. The number of aromatic nitrogens is 3. The van der Waals surface area contributed by atoms with Crippen molar-refractivity contribution >= 4 is 34.4 Å². The molecular weight excluding hydrogens is 185 g/mol. The van der Waals surface area contributed by atoms with Crippen molar-refractivity contribution in [3.05, 3.63) is 22.5 Å². The highest BCUT2D eigenvalue weighted by Gasteiger charge is 2.03. The molecule has 0 amide bonds. The summed E-state index contributed by atoms with van der Waals surface area (Å²) < 4.78 is 7.18. The van der Waals surface area contributed by atoms with Gasteiger partial charge in [-0.2, -0.15) is 0 Å². The van der Waals surface area contributed by atoms with Crippen LogP contribution in [0.2, 0.25) is 10.2 Å². The molecule has 2 rings (SSSR count). The van der Waals surface area contributed by atoms with Crippen LogP contribution in [0.25, 0.3) is 11.2 Å². The van der Waals surface area contributed by atoms with Gasteiger partial charge in [0, 0.05) is 0 Å². The van der Waals surface area contributed by atoms with E-state index < -0.39 is 0 Å². The molecule has 0 aliphatic carbocycles. The van der Waals surface area contributed by atoms with Gasteiger partial charge in [-0.1, -0.05) is 23.2 Å². The summed E-state index contributed by atoms with van der Waals surface area (Å²) in [5.74, 6) is 0. The minimum atomic E-state index is 0.0293. The van der Waals surface area contributed by atoms with E-state index >= 15 is 0 Å². The molecule has 0 fully saturated rings. The molecule has 11 heavy (non-hydrogen) atoms. The Balaban J connectivity index is 2.88. The molecule has 0 bridgehead atoms. The Hall–Kier alpha value is -0.800. The van der Waals surface area contributed by atoms with Gasteiger partial charge in [0.1, 0.15) is 12.0 Å². The predicted octanol–water partition coefficient (Wildman–Crippen LogP) is 2.26. The molecule has 0 unspecified atom stereocenters. The van der Waals surface area contributed by atoms with Gasteiger partial charge in [0.05, 0.1) is 11.3 Å². The highest BCUT2D eigenvalue weighted by atomic mass is 35.5. The van der Waals surface area contributed by atoms with Gasteiger partial charge in [-0.05, 0) is 6.07 Å². The Labute approximate surface area is 73.8 Å². The van der Waals surface area contributed by atoms with Crippen molar-refractivity contribution in [3.63, 3.8) is 0 Å². The Morgan fingerprint density at radius 2 is 2.36 bits per heavy atom. The van der Waals surface area contributed by atoms with Crippen LogP contribution in [-0.2, 0) is 0 Å². The second-order valence-electron chi connectivity index (χ2n) is 1.97. The van der Waals surface area contributed by atoms with Gasteiger partial charge < -0.3 is 4.98 Å². The topological polar surface area (TPSA) is 41.6 Å². The van der Waals surface area contributed by atoms with E-state index in [1.807, 2.05) is 0 Å². The SMILES string of the molecule is [2H]c1nc2c(Cl)cc(Cl)nc2[nH]1. The maximum Gasteiger partial charge on any atom is 0.160 e. The lowest BCUT2D eigenvalue weighted by molar-refractivity contribution is 1.30. The van der Waals surface area contributed by atoms with Gasteiger partial charge in [-0.3, -0.25) is 0 Å². The lowest BCUT2D eigenvalue weighted by Gasteiger charge is -1.91. The van der Waals surface area contributed by atoms with E-state index in [1.54, 1.807) is 0 Å². The number of nitrogens with one attached hydrogen (secondary N) is 1. The van der Waals surface area contributed by atoms with Gasteiger partial charge in [0.2, 0.25) is 0 Å². The zero-order chi connectivity index (χ0) is 8.72. The zero-order valence-corrected chi connectivity index (χ0v) is 6.74. The fourth-order valence-corrected chi connectivity index (χ4v) is 1.29. The molecule has 1 N–H and O–H groups in total. The normalized spacial score (nSPS) is 12.0. The number of halogens is 2. The van der Waals surface area contributed by atoms with Crippen molar-refractivity contribution in [3.8, 4) is 0 Å². The molecular formula is C6H3Cl2N3. The van der Waals surface area contributed by atoms with Crippen molar-refractivity contribution in [2.75, 3.05) is 0 Å². The molecule has 5 heteroatoms. The van der Waals surface area contributed by atoms with Gasteiger partial charge >= 0.3 is 0 Å². The van der Waals surface area contributed by atoms with Crippen LogP contribution in [-0.4, -0.2) is 15.0 Å². The Bertz CT molecular complexity index is 440. The first kappa shape index (κ1) is 5.80. The third-order valence-electron chi connectivity index (χ3n) is 1.26. The Kier molecular flexibility index (Phi) is 1.24. The third-order valence-corrected chi connectivity index (χ3v) is 1.74. The summed E-state index contributed by atoms with van der Waals surface area (Å²) in [4.78, 5) is 10.3. The first-order valence-electron chi connectivity index (χ1n) is 3.35. The molecule has 0 saturated carbocycles. The number of hydrogen-bond acceptors (Lipinski definition) is 2. The molecule has 0 atom stereocenters. The molecule has 56 valence electrons. The maximum atomic E-state index is 7.18. The highest BCUT2D eigenvalue weighted by Crippen LogP contribution is 2.21. The second kappa shape index (κ2) is 2.36. The molecule has 0 aromatic carbocycles. The number of H-pyrrole nitrogens is 1. The molecule has 0 spiro atoms. The molecule has 2 aromatic heterocycles. The van der Waals surface area contributed by atoms with E-state index in [2.05, 4.69) is 15.0 Å². The van der Waals surface area contributed by atoms with E-state index in [1.165, 1.54) is 6.07 Å². The lowest BCUT2D eigenvalue weighted by Crippen LogP contribution is -1.78. The van der Waals surface area contributed by atoms with Gasteiger partial charge in [0.15, 0.2) is 5.65 Å². The molecule has 2 aromatic rings. The third kappa shape index (κ3) is 1.06. The minimum absolute atomic E-state index is 0.0293. The largest absolute Gasteiger partial charge is 0.329 e. The summed E-state index contributed by atoms with van der Waals surface area (Å²) in [6.45, 7) is 0. The Morgan fingerprint density at radius 1 is 1.55 bits per heavy atom. The maximum absolute atomic E-state index is 7.18. The standard InChI is InChI=1S/C6H3Cl2N3/c7-3-1-4(8)11-6-5(3)9-2-10-6/h1-2H,(H,9,10,11)/i2D. The number of rotatable bonds is 0. The smallest absolute Gasteiger partial charge is 0.160 e. The van der Waals surface area contributed by atoms with Gasteiger partial charge in [0.25, 0.3) is 0 Å². The second-order valence-corrected chi connectivity index (χ2v) is 2.77. The minimum Gasteiger partial charge on any atom is -0.329 e.